The molecular formula is C32H36N4. The fourth-order valence-corrected chi connectivity index (χ4v) is 5.01. The highest BCUT2D eigenvalue weighted by atomic mass is 14.6. The van der Waals surface area contributed by atoms with Crippen LogP contribution in [0.25, 0.3) is 11.1 Å². The van der Waals surface area contributed by atoms with E-state index >= 15 is 0 Å². The Morgan fingerprint density at radius 3 is 1.56 bits per heavy atom. The SMILES string of the molecule is CC1=CC(=C2C=C(C)C(=N)C(CCc3cc(-c4cc(C)c(N)c(C)c4)cc(C)c3N)=C2)C=C(C)C1=N. The molecule has 0 heterocycles. The number of nitrogen functional groups attached to an aromatic ring is 2. The molecule has 0 aliphatic heterocycles. The molecule has 0 saturated heterocycles. The molecule has 0 saturated carbocycles. The molecule has 2 aliphatic carbocycles. The Morgan fingerprint density at radius 2 is 1.00 bits per heavy atom. The quantitative estimate of drug-likeness (QED) is 0.343. The van der Waals surface area contributed by atoms with Gasteiger partial charge >= 0.3 is 0 Å². The number of rotatable bonds is 4. The minimum absolute atomic E-state index is 0.584. The number of anilines is 2. The van der Waals surface area contributed by atoms with Crippen LogP contribution in [0.1, 0.15) is 49.4 Å². The van der Waals surface area contributed by atoms with Crippen LogP contribution in [0.3, 0.4) is 0 Å². The Hall–Kier alpha value is -3.92. The van der Waals surface area contributed by atoms with Crippen molar-refractivity contribution in [2.75, 3.05) is 11.5 Å². The molecule has 4 heteroatoms. The minimum Gasteiger partial charge on any atom is -0.398 e. The number of nitrogens with two attached hydrogens (primary N) is 2. The van der Waals surface area contributed by atoms with Crippen LogP contribution in [0.2, 0.25) is 0 Å². The van der Waals surface area contributed by atoms with Crippen LogP contribution in [-0.2, 0) is 6.42 Å². The number of allylic oxidation sites excluding steroid dienone is 10. The number of benzene rings is 2. The summed E-state index contributed by atoms with van der Waals surface area (Å²) in [6.07, 6.45) is 9.83. The first kappa shape index (κ1) is 25.2. The molecule has 2 aliphatic rings. The van der Waals surface area contributed by atoms with Crippen molar-refractivity contribution >= 4 is 22.8 Å². The topological polar surface area (TPSA) is 99.7 Å². The summed E-state index contributed by atoms with van der Waals surface area (Å²) in [5, 5.41) is 16.9. The zero-order chi connectivity index (χ0) is 26.3. The molecule has 0 spiro atoms. The summed E-state index contributed by atoms with van der Waals surface area (Å²) in [6, 6.07) is 8.60. The normalized spacial score (nSPS) is 16.1. The van der Waals surface area contributed by atoms with Crippen molar-refractivity contribution < 1.29 is 0 Å². The molecule has 4 rings (SSSR count). The highest BCUT2D eigenvalue weighted by Crippen LogP contribution is 2.33. The molecule has 4 nitrogen and oxygen atoms in total. The van der Waals surface area contributed by atoms with Crippen molar-refractivity contribution in [2.45, 2.75) is 54.4 Å². The number of hydrogen-bond acceptors (Lipinski definition) is 4. The van der Waals surface area contributed by atoms with E-state index in [9.17, 15) is 0 Å². The number of hydrogen-bond donors (Lipinski definition) is 4. The summed E-state index contributed by atoms with van der Waals surface area (Å²) in [4.78, 5) is 0. The summed E-state index contributed by atoms with van der Waals surface area (Å²) >= 11 is 0. The van der Waals surface area contributed by atoms with Crippen molar-refractivity contribution in [2.24, 2.45) is 0 Å². The first-order valence-electron chi connectivity index (χ1n) is 12.4. The first-order valence-corrected chi connectivity index (χ1v) is 12.4. The van der Waals surface area contributed by atoms with Gasteiger partial charge in [-0.2, -0.15) is 0 Å². The van der Waals surface area contributed by atoms with E-state index in [1.807, 2.05) is 34.6 Å². The van der Waals surface area contributed by atoms with E-state index < -0.39 is 0 Å². The second kappa shape index (κ2) is 9.62. The molecule has 0 amide bonds. The fraction of sp³-hybridized carbons (Fsp3) is 0.250. The van der Waals surface area contributed by atoms with E-state index in [1.54, 1.807) is 0 Å². The Morgan fingerprint density at radius 1 is 0.556 bits per heavy atom. The lowest BCUT2D eigenvalue weighted by atomic mass is 9.85. The van der Waals surface area contributed by atoms with Crippen molar-refractivity contribution in [3.05, 3.63) is 104 Å². The summed E-state index contributed by atoms with van der Waals surface area (Å²) in [7, 11) is 0. The third-order valence-corrected chi connectivity index (χ3v) is 7.35. The van der Waals surface area contributed by atoms with Gasteiger partial charge in [0.05, 0.1) is 11.4 Å². The lowest BCUT2D eigenvalue weighted by Crippen LogP contribution is -2.11. The van der Waals surface area contributed by atoms with E-state index in [0.717, 1.165) is 91.0 Å². The zero-order valence-electron chi connectivity index (χ0n) is 22.2. The third-order valence-electron chi connectivity index (χ3n) is 7.35. The van der Waals surface area contributed by atoms with E-state index in [-0.39, 0.29) is 0 Å². The maximum absolute atomic E-state index is 8.71. The fourth-order valence-electron chi connectivity index (χ4n) is 5.01. The molecule has 36 heavy (non-hydrogen) atoms. The molecular weight excluding hydrogens is 440 g/mol. The molecule has 0 bridgehead atoms. The van der Waals surface area contributed by atoms with E-state index in [1.165, 1.54) is 0 Å². The lowest BCUT2D eigenvalue weighted by Gasteiger charge is -2.20. The van der Waals surface area contributed by atoms with Gasteiger partial charge in [-0.25, -0.2) is 0 Å². The van der Waals surface area contributed by atoms with Gasteiger partial charge in [0, 0.05) is 11.4 Å². The van der Waals surface area contributed by atoms with Crippen molar-refractivity contribution in [3.8, 4) is 11.1 Å². The summed E-state index contributed by atoms with van der Waals surface area (Å²) < 4.78 is 0. The molecule has 0 unspecified atom stereocenters. The molecule has 0 radical (unpaired) electrons. The van der Waals surface area contributed by atoms with Crippen LogP contribution in [0.4, 0.5) is 11.4 Å². The predicted octanol–water partition coefficient (Wildman–Crippen LogP) is 7.50. The average Bonchev–Trinajstić information content (AvgIpc) is 2.83. The smallest absolute Gasteiger partial charge is 0.0601 e. The van der Waals surface area contributed by atoms with Crippen molar-refractivity contribution in [1.29, 1.82) is 10.8 Å². The number of nitrogens with one attached hydrogen (secondary N) is 2. The van der Waals surface area contributed by atoms with Crippen LogP contribution < -0.4 is 11.5 Å². The van der Waals surface area contributed by atoms with Crippen molar-refractivity contribution in [3.63, 3.8) is 0 Å². The molecule has 0 fully saturated rings. The molecule has 2 aromatic rings. The van der Waals surface area contributed by atoms with Gasteiger partial charge in [0.1, 0.15) is 0 Å². The van der Waals surface area contributed by atoms with Crippen LogP contribution in [0.5, 0.6) is 0 Å². The monoisotopic (exact) mass is 476 g/mol. The van der Waals surface area contributed by atoms with E-state index in [2.05, 4.69) is 55.5 Å². The Labute approximate surface area is 214 Å². The van der Waals surface area contributed by atoms with Gasteiger partial charge in [-0.15, -0.1) is 0 Å². The molecule has 0 aromatic heterocycles. The van der Waals surface area contributed by atoms with Gasteiger partial charge in [-0.1, -0.05) is 0 Å². The first-order chi connectivity index (χ1) is 17.0. The second-order valence-electron chi connectivity index (χ2n) is 10.2. The average molecular weight is 477 g/mol. The number of aryl methyl sites for hydroxylation is 4. The largest absolute Gasteiger partial charge is 0.398 e. The van der Waals surface area contributed by atoms with Crippen molar-refractivity contribution in [1.82, 2.24) is 0 Å². The van der Waals surface area contributed by atoms with Gasteiger partial charge in [-0.3, -0.25) is 0 Å². The van der Waals surface area contributed by atoms with Crippen LogP contribution in [0.15, 0.2) is 82.0 Å². The van der Waals surface area contributed by atoms with Crippen LogP contribution in [0, 0.1) is 31.6 Å². The highest BCUT2D eigenvalue weighted by molar-refractivity contribution is 6.13. The highest BCUT2D eigenvalue weighted by Gasteiger charge is 2.18. The maximum atomic E-state index is 8.71. The predicted molar refractivity (Wildman–Crippen MR) is 155 cm³/mol. The van der Waals surface area contributed by atoms with Gasteiger partial charge < -0.3 is 22.3 Å². The molecule has 184 valence electrons. The molecule has 6 N–H and O–H groups in total. The summed E-state index contributed by atoms with van der Waals surface area (Å²) in [5.41, 5.74) is 28.2. The Kier molecular flexibility index (Phi) is 6.73. The van der Waals surface area contributed by atoms with Gasteiger partial charge in [-0.05, 0) is 170 Å². The van der Waals surface area contributed by atoms with Gasteiger partial charge in [0.15, 0.2) is 0 Å². The van der Waals surface area contributed by atoms with E-state index in [4.69, 9.17) is 22.3 Å². The Bertz CT molecular complexity index is 1420. The second-order valence-corrected chi connectivity index (χ2v) is 10.2. The maximum Gasteiger partial charge on any atom is 0.0601 e. The molecule has 2 aromatic carbocycles. The zero-order valence-corrected chi connectivity index (χ0v) is 22.2. The van der Waals surface area contributed by atoms with Gasteiger partial charge in [0.25, 0.3) is 0 Å². The molecule has 0 atom stereocenters. The lowest BCUT2D eigenvalue weighted by molar-refractivity contribution is 0.970. The van der Waals surface area contributed by atoms with E-state index in [0.29, 0.717) is 11.4 Å². The summed E-state index contributed by atoms with van der Waals surface area (Å²) in [6.45, 7) is 12.1. The summed E-state index contributed by atoms with van der Waals surface area (Å²) in [5.74, 6) is 0. The van der Waals surface area contributed by atoms with Crippen LogP contribution >= 0.6 is 0 Å². The van der Waals surface area contributed by atoms with Crippen LogP contribution in [-0.4, -0.2) is 11.4 Å². The third kappa shape index (κ3) is 4.76. The Balaban J connectivity index is 1.68. The van der Waals surface area contributed by atoms with Gasteiger partial charge in [0.2, 0.25) is 0 Å². The minimum atomic E-state index is 0.584. The standard InChI is InChI=1S/C32H36N4/c1-17-9-25(10-18(2)29(17)33)27-13-21(5)31(35)23(15-27)7-8-24-16-28(14-22(6)32(24)36)26-11-19(3)30(34)20(4)12-26/h9-16,33,35H,7-8,34,36H2,1-6H3.